The molecule has 20 heavy (non-hydrogen) atoms. The van der Waals surface area contributed by atoms with Crippen LogP contribution in [0.5, 0.6) is 5.75 Å². The molecule has 6 heteroatoms. The van der Waals surface area contributed by atoms with Gasteiger partial charge in [0.2, 0.25) is 0 Å². The van der Waals surface area contributed by atoms with Crippen molar-refractivity contribution in [1.29, 1.82) is 0 Å². The second-order valence-corrected chi connectivity index (χ2v) is 6.09. The molecule has 0 atom stereocenters. The van der Waals surface area contributed by atoms with Gasteiger partial charge in [-0.3, -0.25) is 0 Å². The van der Waals surface area contributed by atoms with Crippen molar-refractivity contribution >= 4 is 17.7 Å². The largest absolute Gasteiger partial charge is 0.490 e. The first kappa shape index (κ1) is 13.5. The van der Waals surface area contributed by atoms with Crippen molar-refractivity contribution in [2.75, 3.05) is 13.1 Å². The molecule has 4 nitrogen and oxygen atoms in total. The Balaban J connectivity index is 1.56. The van der Waals surface area contributed by atoms with Crippen LogP contribution < -0.4 is 4.74 Å². The van der Waals surface area contributed by atoms with Crippen molar-refractivity contribution in [3.63, 3.8) is 0 Å². The Morgan fingerprint density at radius 1 is 1.50 bits per heavy atom. The molecule has 1 aromatic rings. The lowest BCUT2D eigenvalue weighted by molar-refractivity contribution is -0.00743. The van der Waals surface area contributed by atoms with Gasteiger partial charge in [-0.25, -0.2) is 9.18 Å². The number of amides is 1. The molecule has 1 spiro atoms. The van der Waals surface area contributed by atoms with E-state index in [1.165, 1.54) is 17.0 Å². The Morgan fingerprint density at radius 2 is 2.25 bits per heavy atom. The Bertz CT molecular complexity index is 545. The molecule has 1 aliphatic carbocycles. The lowest BCUT2D eigenvalue weighted by Crippen LogP contribution is -2.46. The normalized spacial score (nSPS) is 28.5. The first-order chi connectivity index (χ1) is 9.47. The van der Waals surface area contributed by atoms with Gasteiger partial charge in [-0.05, 0) is 36.8 Å². The molecule has 1 aromatic carbocycles. The average molecular weight is 300 g/mol. The molecule has 0 radical (unpaired) electrons. The Hall–Kier alpha value is -1.49. The van der Waals surface area contributed by atoms with Crippen LogP contribution in [-0.2, 0) is 0 Å². The minimum atomic E-state index is -0.856. The minimum absolute atomic E-state index is 0.0318. The van der Waals surface area contributed by atoms with Gasteiger partial charge in [-0.15, -0.1) is 0 Å². The molecule has 1 N–H and O–H groups in total. The Morgan fingerprint density at radius 3 is 2.85 bits per heavy atom. The van der Waals surface area contributed by atoms with E-state index in [1.807, 2.05) is 0 Å². The first-order valence-electron chi connectivity index (χ1n) is 6.57. The molecule has 0 unspecified atom stereocenters. The summed E-state index contributed by atoms with van der Waals surface area (Å²) in [6, 6.07) is 4.41. The molecule has 0 bridgehead atoms. The van der Waals surface area contributed by atoms with Gasteiger partial charge in [0.25, 0.3) is 0 Å². The van der Waals surface area contributed by atoms with Gasteiger partial charge in [0.1, 0.15) is 11.6 Å². The van der Waals surface area contributed by atoms with Crippen molar-refractivity contribution in [1.82, 2.24) is 4.90 Å². The molecular formula is C14H15ClFNO3. The Kier molecular flexibility index (Phi) is 3.24. The van der Waals surface area contributed by atoms with Gasteiger partial charge in [0, 0.05) is 19.2 Å². The number of nitrogens with zero attached hydrogens (tertiary/aromatic N) is 1. The lowest BCUT2D eigenvalue weighted by atomic mass is 9.66. The highest BCUT2D eigenvalue weighted by molar-refractivity contribution is 6.30. The van der Waals surface area contributed by atoms with E-state index in [2.05, 4.69) is 0 Å². The highest BCUT2D eigenvalue weighted by Crippen LogP contribution is 2.49. The van der Waals surface area contributed by atoms with Gasteiger partial charge in [0.15, 0.2) is 0 Å². The second kappa shape index (κ2) is 4.81. The van der Waals surface area contributed by atoms with Crippen LogP contribution >= 0.6 is 11.6 Å². The number of rotatable bonds is 2. The van der Waals surface area contributed by atoms with Gasteiger partial charge >= 0.3 is 6.09 Å². The van der Waals surface area contributed by atoms with Crippen LogP contribution in [0.15, 0.2) is 18.2 Å². The minimum Gasteiger partial charge on any atom is -0.490 e. The van der Waals surface area contributed by atoms with E-state index >= 15 is 0 Å². The smallest absolute Gasteiger partial charge is 0.407 e. The average Bonchev–Trinajstić information content (AvgIpc) is 2.79. The molecule has 1 aliphatic heterocycles. The SMILES string of the molecule is O=C(O)N1CCC2(CC(Oc3ccc(Cl)c(F)c3)C2)C1. The number of ether oxygens (including phenoxy) is 1. The van der Waals surface area contributed by atoms with E-state index in [0.717, 1.165) is 19.3 Å². The zero-order valence-corrected chi connectivity index (χ0v) is 11.6. The maximum absolute atomic E-state index is 13.3. The molecule has 1 saturated carbocycles. The fourth-order valence-corrected chi connectivity index (χ4v) is 3.28. The van der Waals surface area contributed by atoms with Crippen molar-refractivity contribution in [3.05, 3.63) is 29.0 Å². The summed E-state index contributed by atoms with van der Waals surface area (Å²) in [6.45, 7) is 1.18. The molecule has 1 saturated heterocycles. The van der Waals surface area contributed by atoms with Crippen LogP contribution in [0.4, 0.5) is 9.18 Å². The highest BCUT2D eigenvalue weighted by atomic mass is 35.5. The molecule has 2 aliphatic rings. The van der Waals surface area contributed by atoms with E-state index in [-0.39, 0.29) is 16.5 Å². The lowest BCUT2D eigenvalue weighted by Gasteiger charge is -2.44. The maximum atomic E-state index is 13.3. The van der Waals surface area contributed by atoms with Gasteiger partial charge < -0.3 is 14.7 Å². The number of carbonyl (C=O) groups is 1. The van der Waals surface area contributed by atoms with Gasteiger partial charge in [-0.2, -0.15) is 0 Å². The molecule has 1 heterocycles. The summed E-state index contributed by atoms with van der Waals surface area (Å²) < 4.78 is 19.0. The Labute approximate surface area is 121 Å². The van der Waals surface area contributed by atoms with Crippen LogP contribution in [0, 0.1) is 11.2 Å². The first-order valence-corrected chi connectivity index (χ1v) is 6.95. The van der Waals surface area contributed by atoms with Crippen LogP contribution in [0.3, 0.4) is 0 Å². The van der Waals surface area contributed by atoms with E-state index < -0.39 is 11.9 Å². The third-order valence-electron chi connectivity index (χ3n) is 4.22. The van der Waals surface area contributed by atoms with Crippen molar-refractivity contribution in [3.8, 4) is 5.75 Å². The topological polar surface area (TPSA) is 49.8 Å². The standard InChI is InChI=1S/C14H15ClFNO3/c15-11-2-1-9(5-12(11)16)20-10-6-14(7-10)3-4-17(8-14)13(18)19/h1-2,5,10H,3-4,6-8H2,(H,18,19). The monoisotopic (exact) mass is 299 g/mol. The van der Waals surface area contributed by atoms with Crippen LogP contribution in [0.25, 0.3) is 0 Å². The third kappa shape index (κ3) is 2.42. The molecular weight excluding hydrogens is 285 g/mol. The van der Waals surface area contributed by atoms with Crippen LogP contribution in [-0.4, -0.2) is 35.3 Å². The van der Waals surface area contributed by atoms with Crippen molar-refractivity contribution in [2.45, 2.75) is 25.4 Å². The number of halogens is 2. The number of benzene rings is 1. The number of hydrogen-bond donors (Lipinski definition) is 1. The molecule has 108 valence electrons. The van der Waals surface area contributed by atoms with Gasteiger partial charge in [-0.1, -0.05) is 11.6 Å². The molecule has 2 fully saturated rings. The zero-order chi connectivity index (χ0) is 14.3. The number of hydrogen-bond acceptors (Lipinski definition) is 2. The summed E-state index contributed by atoms with van der Waals surface area (Å²) in [6.07, 6.45) is 1.70. The predicted molar refractivity (Wildman–Crippen MR) is 71.7 cm³/mol. The zero-order valence-electron chi connectivity index (χ0n) is 10.8. The second-order valence-electron chi connectivity index (χ2n) is 5.68. The van der Waals surface area contributed by atoms with Crippen molar-refractivity contribution < 1.29 is 19.0 Å². The number of likely N-dealkylation sites (tertiary alicyclic amines) is 1. The van der Waals surface area contributed by atoms with Crippen LogP contribution in [0.1, 0.15) is 19.3 Å². The van der Waals surface area contributed by atoms with Crippen LogP contribution in [0.2, 0.25) is 5.02 Å². The van der Waals surface area contributed by atoms with E-state index in [4.69, 9.17) is 21.4 Å². The summed E-state index contributed by atoms with van der Waals surface area (Å²) in [5.41, 5.74) is 0.0635. The summed E-state index contributed by atoms with van der Waals surface area (Å²) in [7, 11) is 0. The quantitative estimate of drug-likeness (QED) is 0.910. The summed E-state index contributed by atoms with van der Waals surface area (Å²) in [4.78, 5) is 12.4. The van der Waals surface area contributed by atoms with E-state index in [1.54, 1.807) is 6.07 Å². The fourth-order valence-electron chi connectivity index (χ4n) is 3.16. The maximum Gasteiger partial charge on any atom is 0.407 e. The highest BCUT2D eigenvalue weighted by Gasteiger charge is 2.50. The summed E-state index contributed by atoms with van der Waals surface area (Å²) in [5, 5.41) is 9.04. The summed E-state index contributed by atoms with van der Waals surface area (Å²) in [5.74, 6) is -0.0176. The van der Waals surface area contributed by atoms with Gasteiger partial charge in [0.05, 0.1) is 11.1 Å². The number of carboxylic acid groups (broad SMARTS) is 1. The molecule has 3 rings (SSSR count). The van der Waals surface area contributed by atoms with E-state index in [0.29, 0.717) is 18.8 Å². The fraction of sp³-hybridized carbons (Fsp3) is 0.500. The molecule has 0 aromatic heterocycles. The van der Waals surface area contributed by atoms with Crippen molar-refractivity contribution in [2.24, 2.45) is 5.41 Å². The molecule has 1 amide bonds. The predicted octanol–water partition coefficient (Wildman–Crippen LogP) is 3.39. The third-order valence-corrected chi connectivity index (χ3v) is 4.53. The van der Waals surface area contributed by atoms with E-state index in [9.17, 15) is 9.18 Å². The summed E-state index contributed by atoms with van der Waals surface area (Å²) >= 11 is 5.62.